The van der Waals surface area contributed by atoms with Gasteiger partial charge >= 0.3 is 6.18 Å². The summed E-state index contributed by atoms with van der Waals surface area (Å²) in [7, 11) is 1.38. The van der Waals surface area contributed by atoms with Gasteiger partial charge in [-0.3, -0.25) is 14.8 Å². The molecule has 1 aliphatic rings. The average Bonchev–Trinajstić information content (AvgIpc) is 2.40. The summed E-state index contributed by atoms with van der Waals surface area (Å²) in [5.41, 5.74) is 2.06. The van der Waals surface area contributed by atoms with Crippen LogP contribution >= 0.6 is 0 Å². The molecule has 1 amide bonds. The van der Waals surface area contributed by atoms with Crippen LogP contribution in [-0.2, 0) is 17.5 Å². The van der Waals surface area contributed by atoms with Gasteiger partial charge in [-0.15, -0.1) is 0 Å². The van der Waals surface area contributed by atoms with E-state index in [1.807, 2.05) is 0 Å². The predicted octanol–water partition coefficient (Wildman–Crippen LogP) is 2.61. The summed E-state index contributed by atoms with van der Waals surface area (Å²) in [5, 5.41) is 1.07. The van der Waals surface area contributed by atoms with Gasteiger partial charge in [0.2, 0.25) is 11.8 Å². The first-order valence-electron chi connectivity index (χ1n) is 6.49. The number of hydrogen-bond donors (Lipinski definition) is 1. The smallest absolute Gasteiger partial charge is 0.281 e. The second-order valence-electron chi connectivity index (χ2n) is 5.23. The van der Waals surface area contributed by atoms with Crippen LogP contribution in [0.1, 0.15) is 24.1 Å². The Morgan fingerprint density at radius 3 is 2.50 bits per heavy atom. The minimum atomic E-state index is -4.46. The standard InChI is InChI=1S/C13H14F5N3O/c1-21(11(22)8-4-12(14,15)5-8)20-7-10-3-2-9(6-19-10)13(16,17)18/h2-3,6,8,20H,4-5,7H2,1H3. The highest BCUT2D eigenvalue weighted by Crippen LogP contribution is 2.42. The largest absolute Gasteiger partial charge is 0.417 e. The zero-order valence-corrected chi connectivity index (χ0v) is 11.6. The molecule has 22 heavy (non-hydrogen) atoms. The molecule has 0 saturated heterocycles. The third-order valence-electron chi connectivity index (χ3n) is 3.42. The molecule has 9 heteroatoms. The fraction of sp³-hybridized carbons (Fsp3) is 0.538. The number of halogens is 5. The van der Waals surface area contributed by atoms with Gasteiger partial charge in [0.15, 0.2) is 0 Å². The van der Waals surface area contributed by atoms with Crippen molar-refractivity contribution in [3.8, 4) is 0 Å². The Balaban J connectivity index is 1.84. The molecule has 1 fully saturated rings. The molecule has 1 heterocycles. The van der Waals surface area contributed by atoms with Gasteiger partial charge in [0, 0.05) is 26.1 Å². The number of nitrogens with zero attached hydrogens (tertiary/aromatic N) is 2. The van der Waals surface area contributed by atoms with Crippen molar-refractivity contribution < 1.29 is 26.7 Å². The Morgan fingerprint density at radius 1 is 1.41 bits per heavy atom. The van der Waals surface area contributed by atoms with Gasteiger partial charge in [0.1, 0.15) is 0 Å². The number of hydrogen-bond acceptors (Lipinski definition) is 3. The quantitative estimate of drug-likeness (QED) is 0.684. The highest BCUT2D eigenvalue weighted by molar-refractivity contribution is 5.79. The van der Waals surface area contributed by atoms with E-state index in [-0.39, 0.29) is 6.54 Å². The number of carbonyl (C=O) groups is 1. The van der Waals surface area contributed by atoms with Crippen molar-refractivity contribution in [3.63, 3.8) is 0 Å². The second kappa shape index (κ2) is 5.79. The normalized spacial score (nSPS) is 17.9. The lowest BCUT2D eigenvalue weighted by molar-refractivity contribution is -0.161. The number of alkyl halides is 5. The summed E-state index contributed by atoms with van der Waals surface area (Å²) in [6.45, 7) is 0.0174. The van der Waals surface area contributed by atoms with Crippen molar-refractivity contribution in [2.24, 2.45) is 5.92 Å². The fourth-order valence-electron chi connectivity index (χ4n) is 2.08. The van der Waals surface area contributed by atoms with E-state index in [0.29, 0.717) is 11.9 Å². The average molecular weight is 323 g/mol. The molecular formula is C13H14F5N3O. The minimum Gasteiger partial charge on any atom is -0.281 e. The van der Waals surface area contributed by atoms with Crippen molar-refractivity contribution in [2.75, 3.05) is 7.05 Å². The molecule has 0 spiro atoms. The molecule has 1 aromatic rings. The first-order chi connectivity index (χ1) is 10.1. The van der Waals surface area contributed by atoms with Crippen molar-refractivity contribution >= 4 is 5.91 Å². The summed E-state index contributed by atoms with van der Waals surface area (Å²) in [6, 6.07) is 2.07. The van der Waals surface area contributed by atoms with E-state index in [1.165, 1.54) is 13.1 Å². The van der Waals surface area contributed by atoms with Crippen LogP contribution in [0.5, 0.6) is 0 Å². The lowest BCUT2D eigenvalue weighted by Gasteiger charge is -2.36. The second-order valence-corrected chi connectivity index (χ2v) is 5.23. The maximum absolute atomic E-state index is 12.7. The topological polar surface area (TPSA) is 45.2 Å². The van der Waals surface area contributed by atoms with E-state index >= 15 is 0 Å². The lowest BCUT2D eigenvalue weighted by Crippen LogP contribution is -2.49. The van der Waals surface area contributed by atoms with Gasteiger partial charge in [0.05, 0.1) is 23.7 Å². The van der Waals surface area contributed by atoms with Gasteiger partial charge in [-0.05, 0) is 12.1 Å². The molecule has 2 rings (SSSR count). The molecule has 4 nitrogen and oxygen atoms in total. The van der Waals surface area contributed by atoms with E-state index < -0.39 is 42.3 Å². The van der Waals surface area contributed by atoms with Gasteiger partial charge in [-0.1, -0.05) is 0 Å². The van der Waals surface area contributed by atoms with Crippen molar-refractivity contribution in [1.29, 1.82) is 0 Å². The lowest BCUT2D eigenvalue weighted by atomic mass is 9.80. The molecule has 1 aliphatic carbocycles. The number of nitrogens with one attached hydrogen (secondary N) is 1. The third kappa shape index (κ3) is 3.90. The van der Waals surface area contributed by atoms with E-state index in [2.05, 4.69) is 10.4 Å². The van der Waals surface area contributed by atoms with Crippen molar-refractivity contribution in [1.82, 2.24) is 15.4 Å². The van der Waals surface area contributed by atoms with E-state index in [1.54, 1.807) is 0 Å². The van der Waals surface area contributed by atoms with Crippen LogP contribution in [0.15, 0.2) is 18.3 Å². The molecule has 0 aromatic carbocycles. The summed E-state index contributed by atoms with van der Waals surface area (Å²) in [6.07, 6.45) is -4.71. The third-order valence-corrected chi connectivity index (χ3v) is 3.42. The zero-order chi connectivity index (χ0) is 16.5. The van der Waals surface area contributed by atoms with Crippen LogP contribution in [0, 0.1) is 5.92 Å². The van der Waals surface area contributed by atoms with Crippen molar-refractivity contribution in [3.05, 3.63) is 29.6 Å². The van der Waals surface area contributed by atoms with Crippen LogP contribution in [0.4, 0.5) is 22.0 Å². The number of aromatic nitrogens is 1. The van der Waals surface area contributed by atoms with Crippen molar-refractivity contribution in [2.45, 2.75) is 31.5 Å². The monoisotopic (exact) mass is 323 g/mol. The summed E-state index contributed by atoms with van der Waals surface area (Å²) < 4.78 is 62.5. The molecule has 1 N–H and O–H groups in total. The number of rotatable bonds is 4. The van der Waals surface area contributed by atoms with Crippen LogP contribution in [0.2, 0.25) is 0 Å². The fourth-order valence-corrected chi connectivity index (χ4v) is 2.08. The first-order valence-corrected chi connectivity index (χ1v) is 6.49. The molecule has 0 bridgehead atoms. The molecule has 1 aromatic heterocycles. The SMILES string of the molecule is CN(NCc1ccc(C(F)(F)F)cn1)C(=O)C1CC(F)(F)C1. The highest BCUT2D eigenvalue weighted by Gasteiger charge is 2.49. The van der Waals surface area contributed by atoms with Gasteiger partial charge < -0.3 is 0 Å². The van der Waals surface area contributed by atoms with Gasteiger partial charge in [-0.2, -0.15) is 13.2 Å². The zero-order valence-electron chi connectivity index (χ0n) is 11.6. The van der Waals surface area contributed by atoms with Crippen LogP contribution < -0.4 is 5.43 Å². The van der Waals surface area contributed by atoms with E-state index in [9.17, 15) is 26.7 Å². The Morgan fingerprint density at radius 2 is 2.05 bits per heavy atom. The van der Waals surface area contributed by atoms with E-state index in [0.717, 1.165) is 11.1 Å². The summed E-state index contributed by atoms with van der Waals surface area (Å²) >= 11 is 0. The molecule has 0 aliphatic heterocycles. The van der Waals surface area contributed by atoms with Crippen LogP contribution in [-0.4, -0.2) is 28.9 Å². The first kappa shape index (κ1) is 16.6. The molecule has 0 radical (unpaired) electrons. The number of pyridine rings is 1. The summed E-state index contributed by atoms with van der Waals surface area (Å²) in [4.78, 5) is 15.4. The molecular weight excluding hydrogens is 309 g/mol. The van der Waals surface area contributed by atoms with E-state index in [4.69, 9.17) is 0 Å². The van der Waals surface area contributed by atoms with Gasteiger partial charge in [0.25, 0.3) is 0 Å². The van der Waals surface area contributed by atoms with Gasteiger partial charge in [-0.25, -0.2) is 14.2 Å². The Labute approximate surface area is 123 Å². The molecule has 122 valence electrons. The number of hydrazine groups is 1. The Kier molecular flexibility index (Phi) is 4.37. The Hall–Kier alpha value is -1.77. The van der Waals surface area contributed by atoms with Crippen LogP contribution in [0.3, 0.4) is 0 Å². The molecule has 0 atom stereocenters. The number of amides is 1. The molecule has 0 unspecified atom stereocenters. The minimum absolute atomic E-state index is 0.0174. The molecule has 1 saturated carbocycles. The highest BCUT2D eigenvalue weighted by atomic mass is 19.4. The predicted molar refractivity (Wildman–Crippen MR) is 66.5 cm³/mol. The summed E-state index contributed by atoms with van der Waals surface area (Å²) in [5.74, 6) is -3.98. The van der Waals surface area contributed by atoms with Crippen LogP contribution in [0.25, 0.3) is 0 Å². The Bertz CT molecular complexity index is 536. The maximum Gasteiger partial charge on any atom is 0.417 e. The maximum atomic E-state index is 12.7. The number of carbonyl (C=O) groups excluding carboxylic acids is 1.